The summed E-state index contributed by atoms with van der Waals surface area (Å²) in [6.45, 7) is 0. The summed E-state index contributed by atoms with van der Waals surface area (Å²) in [4.78, 5) is 1.33. The van der Waals surface area contributed by atoms with Gasteiger partial charge < -0.3 is 10.1 Å². The van der Waals surface area contributed by atoms with E-state index in [9.17, 15) is 0 Å². The molecule has 0 saturated heterocycles. The summed E-state index contributed by atoms with van der Waals surface area (Å²) in [5, 5.41) is 3.13. The van der Waals surface area contributed by atoms with Crippen molar-refractivity contribution in [2.24, 2.45) is 0 Å². The van der Waals surface area contributed by atoms with Crippen LogP contribution in [0.5, 0.6) is 0 Å². The summed E-state index contributed by atoms with van der Waals surface area (Å²) in [5.41, 5.74) is 0. The Kier molecular flexibility index (Phi) is 1.16. The molecule has 0 atom stereocenters. The van der Waals surface area contributed by atoms with Crippen LogP contribution in [0.25, 0.3) is 0 Å². The van der Waals surface area contributed by atoms with E-state index in [1.807, 2.05) is 17.8 Å². The molecule has 0 aromatic carbocycles. The van der Waals surface area contributed by atoms with Gasteiger partial charge in [0.05, 0.1) is 17.0 Å². The number of hydrogen-bond donors (Lipinski definition) is 1. The summed E-state index contributed by atoms with van der Waals surface area (Å²) in [6.07, 6.45) is 4.80. The SMILES string of the molecule is C1=COC2=C(C1)SCN2. The Hall–Kier alpha value is -0.570. The van der Waals surface area contributed by atoms with E-state index in [-0.39, 0.29) is 0 Å². The first kappa shape index (κ1) is 5.23. The molecule has 2 aliphatic heterocycles. The third-order valence-corrected chi connectivity index (χ3v) is 2.31. The lowest BCUT2D eigenvalue weighted by molar-refractivity contribution is 0.314. The molecule has 0 unspecified atom stereocenters. The first-order chi connectivity index (χ1) is 4.47. The van der Waals surface area contributed by atoms with E-state index < -0.39 is 0 Å². The molecular formula is C6H7NOS. The standard InChI is InChI=1S/C6H7NOS/c1-2-5-6(8-3-1)7-4-9-5/h1,3,7H,2,4H2. The molecule has 1 N–H and O–H groups in total. The Morgan fingerprint density at radius 2 is 2.67 bits per heavy atom. The molecule has 0 spiro atoms. The maximum Gasteiger partial charge on any atom is 0.203 e. The summed E-state index contributed by atoms with van der Waals surface area (Å²) >= 11 is 1.82. The minimum atomic E-state index is 0.961. The quantitative estimate of drug-likeness (QED) is 0.550. The first-order valence-electron chi connectivity index (χ1n) is 2.88. The van der Waals surface area contributed by atoms with Crippen LogP contribution in [0.3, 0.4) is 0 Å². The van der Waals surface area contributed by atoms with Crippen LogP contribution in [0.1, 0.15) is 6.42 Å². The van der Waals surface area contributed by atoms with E-state index in [2.05, 4.69) is 5.32 Å². The molecule has 0 aliphatic carbocycles. The second-order valence-electron chi connectivity index (χ2n) is 1.91. The van der Waals surface area contributed by atoms with Gasteiger partial charge in [0.1, 0.15) is 0 Å². The van der Waals surface area contributed by atoms with Crippen molar-refractivity contribution in [3.8, 4) is 0 Å². The highest BCUT2D eigenvalue weighted by Gasteiger charge is 2.16. The molecule has 2 rings (SSSR count). The maximum absolute atomic E-state index is 5.17. The molecular weight excluding hydrogens is 134 g/mol. The Morgan fingerprint density at radius 3 is 3.56 bits per heavy atom. The van der Waals surface area contributed by atoms with Gasteiger partial charge in [0.15, 0.2) is 0 Å². The van der Waals surface area contributed by atoms with Gasteiger partial charge in [0.2, 0.25) is 5.88 Å². The van der Waals surface area contributed by atoms with Crippen LogP contribution in [-0.2, 0) is 4.74 Å². The molecule has 0 amide bonds. The number of ether oxygens (including phenoxy) is 1. The van der Waals surface area contributed by atoms with Crippen LogP contribution >= 0.6 is 11.8 Å². The second-order valence-corrected chi connectivity index (χ2v) is 2.98. The molecule has 0 radical (unpaired) electrons. The Balaban J connectivity index is 2.21. The fourth-order valence-electron chi connectivity index (χ4n) is 0.883. The van der Waals surface area contributed by atoms with E-state index in [0.717, 1.165) is 18.2 Å². The van der Waals surface area contributed by atoms with Crippen molar-refractivity contribution in [2.75, 3.05) is 5.88 Å². The van der Waals surface area contributed by atoms with E-state index >= 15 is 0 Å². The fraction of sp³-hybridized carbons (Fsp3) is 0.333. The average Bonchev–Trinajstić information content (AvgIpc) is 2.33. The van der Waals surface area contributed by atoms with Crippen LogP contribution < -0.4 is 5.32 Å². The van der Waals surface area contributed by atoms with Gasteiger partial charge in [-0.05, 0) is 6.08 Å². The second kappa shape index (κ2) is 1.99. The van der Waals surface area contributed by atoms with Crippen LogP contribution in [0.4, 0.5) is 0 Å². The van der Waals surface area contributed by atoms with Gasteiger partial charge in [-0.3, -0.25) is 0 Å². The number of allylic oxidation sites excluding steroid dienone is 2. The molecule has 2 nitrogen and oxygen atoms in total. The zero-order valence-electron chi connectivity index (χ0n) is 4.89. The topological polar surface area (TPSA) is 21.3 Å². The first-order valence-corrected chi connectivity index (χ1v) is 3.87. The van der Waals surface area contributed by atoms with Crippen LogP contribution in [-0.4, -0.2) is 5.88 Å². The minimum absolute atomic E-state index is 0.961. The number of thioether (sulfide) groups is 1. The van der Waals surface area contributed by atoms with Crippen LogP contribution in [0.15, 0.2) is 23.1 Å². The summed E-state index contributed by atoms with van der Waals surface area (Å²) < 4.78 is 5.17. The van der Waals surface area contributed by atoms with E-state index in [1.54, 1.807) is 6.26 Å². The lowest BCUT2D eigenvalue weighted by Crippen LogP contribution is -2.08. The van der Waals surface area contributed by atoms with Crippen molar-refractivity contribution in [3.63, 3.8) is 0 Å². The van der Waals surface area contributed by atoms with Crippen molar-refractivity contribution in [1.82, 2.24) is 5.32 Å². The minimum Gasteiger partial charge on any atom is -0.448 e. The largest absolute Gasteiger partial charge is 0.448 e. The molecule has 2 heterocycles. The van der Waals surface area contributed by atoms with Gasteiger partial charge in [-0.1, -0.05) is 0 Å². The monoisotopic (exact) mass is 141 g/mol. The molecule has 0 aromatic rings. The Bertz CT molecular complexity index is 167. The Morgan fingerprint density at radius 1 is 1.67 bits per heavy atom. The third-order valence-electron chi connectivity index (χ3n) is 1.32. The molecule has 0 fully saturated rings. The van der Waals surface area contributed by atoms with Gasteiger partial charge in [-0.2, -0.15) is 0 Å². The van der Waals surface area contributed by atoms with Crippen LogP contribution in [0, 0.1) is 0 Å². The molecule has 48 valence electrons. The highest BCUT2D eigenvalue weighted by molar-refractivity contribution is 8.03. The number of hydrogen-bond acceptors (Lipinski definition) is 3. The van der Waals surface area contributed by atoms with Crippen LogP contribution in [0.2, 0.25) is 0 Å². The summed E-state index contributed by atoms with van der Waals surface area (Å²) in [6, 6.07) is 0. The molecule has 9 heavy (non-hydrogen) atoms. The zero-order valence-corrected chi connectivity index (χ0v) is 5.70. The van der Waals surface area contributed by atoms with Crippen molar-refractivity contribution in [3.05, 3.63) is 23.1 Å². The van der Waals surface area contributed by atoms with Gasteiger partial charge in [-0.25, -0.2) is 0 Å². The van der Waals surface area contributed by atoms with Gasteiger partial charge in [0, 0.05) is 6.42 Å². The number of rotatable bonds is 0. The van der Waals surface area contributed by atoms with Gasteiger partial charge >= 0.3 is 0 Å². The molecule has 3 heteroatoms. The highest BCUT2D eigenvalue weighted by Crippen LogP contribution is 2.30. The summed E-state index contributed by atoms with van der Waals surface area (Å²) in [7, 11) is 0. The van der Waals surface area contributed by atoms with E-state index in [0.29, 0.717) is 0 Å². The molecule has 0 saturated carbocycles. The van der Waals surface area contributed by atoms with Crippen molar-refractivity contribution in [2.45, 2.75) is 6.42 Å². The normalized spacial score (nSPS) is 23.1. The molecule has 2 aliphatic rings. The Labute approximate surface area is 58.0 Å². The predicted molar refractivity (Wildman–Crippen MR) is 37.5 cm³/mol. The van der Waals surface area contributed by atoms with Gasteiger partial charge in [-0.15, -0.1) is 11.8 Å². The molecule has 0 aromatic heterocycles. The van der Waals surface area contributed by atoms with E-state index in [1.165, 1.54) is 4.91 Å². The van der Waals surface area contributed by atoms with E-state index in [4.69, 9.17) is 4.74 Å². The van der Waals surface area contributed by atoms with Crippen molar-refractivity contribution < 1.29 is 4.74 Å². The number of nitrogens with one attached hydrogen (secondary N) is 1. The summed E-state index contributed by atoms with van der Waals surface area (Å²) in [5.74, 6) is 1.93. The maximum atomic E-state index is 5.17. The fourth-order valence-corrected chi connectivity index (χ4v) is 1.73. The highest BCUT2D eigenvalue weighted by atomic mass is 32.2. The molecule has 0 bridgehead atoms. The lowest BCUT2D eigenvalue weighted by Gasteiger charge is -2.06. The zero-order chi connectivity index (χ0) is 6.10. The van der Waals surface area contributed by atoms with Crippen molar-refractivity contribution >= 4 is 11.8 Å². The predicted octanol–water partition coefficient (Wildman–Crippen LogP) is 1.38. The lowest BCUT2D eigenvalue weighted by atomic mass is 10.3. The third kappa shape index (κ3) is 0.812. The smallest absolute Gasteiger partial charge is 0.203 e. The average molecular weight is 141 g/mol. The van der Waals surface area contributed by atoms with Crippen molar-refractivity contribution in [1.29, 1.82) is 0 Å². The van der Waals surface area contributed by atoms with Gasteiger partial charge in [0.25, 0.3) is 0 Å².